The zero-order valence-corrected chi connectivity index (χ0v) is 33.3. The Bertz CT molecular complexity index is 1830. The van der Waals surface area contributed by atoms with E-state index < -0.39 is 26.8 Å². The van der Waals surface area contributed by atoms with Crippen molar-refractivity contribution in [3.63, 3.8) is 0 Å². The molecule has 8 rings (SSSR count). The Kier molecular flexibility index (Phi) is 10.4. The van der Waals surface area contributed by atoms with Gasteiger partial charge in [0.1, 0.15) is 11.4 Å². The van der Waals surface area contributed by atoms with Gasteiger partial charge < -0.3 is 14.4 Å². The van der Waals surface area contributed by atoms with Crippen LogP contribution in [0, 0.1) is 17.8 Å². The first-order valence-corrected chi connectivity index (χ1v) is 22.0. The van der Waals surface area contributed by atoms with Crippen molar-refractivity contribution in [3.8, 4) is 5.75 Å². The van der Waals surface area contributed by atoms with Crippen LogP contribution in [-0.4, -0.2) is 101 Å². The predicted molar refractivity (Wildman–Crippen MR) is 211 cm³/mol. The Morgan fingerprint density at radius 2 is 1.83 bits per heavy atom. The summed E-state index contributed by atoms with van der Waals surface area (Å²) in [6, 6.07) is 12.5. The largest absolute Gasteiger partial charge is 0.490 e. The minimum Gasteiger partial charge on any atom is -0.490 e. The standard InChI is InChI=1S/C42H57ClN4O5S/c1-29-7-5-18-42(51-3,27-45-19-21-46(22-20-45)35-9-4-10-35)37-14-11-33(37)25-47-26-41(17-6-8-31-23-34(43)13-15-36(31)41)28-52-39-16-12-32(24-38(39)47)40(48)44-53(49,50)30(29)2/h5,12-13,15-16,18,23-24,29-30,33,35,37H,4,6-11,14,17,19-22,25-28H2,1-3H3,(H,44,48)/b18-5-/t29-,30+,33-,37+,41-,42-/m0/s1. The number of amides is 1. The van der Waals surface area contributed by atoms with E-state index in [1.165, 1.54) is 30.4 Å². The highest BCUT2D eigenvalue weighted by Gasteiger charge is 2.50. The summed E-state index contributed by atoms with van der Waals surface area (Å²) in [7, 11) is -2.08. The van der Waals surface area contributed by atoms with Gasteiger partial charge in [-0.2, -0.15) is 0 Å². The highest BCUT2D eigenvalue weighted by atomic mass is 35.5. The summed E-state index contributed by atoms with van der Waals surface area (Å²) in [5.41, 5.74) is 2.97. The quantitative estimate of drug-likeness (QED) is 0.356. The molecule has 1 spiro atoms. The average molecular weight is 765 g/mol. The number of sulfonamides is 1. The Labute approximate surface area is 321 Å². The number of hydrogen-bond donors (Lipinski definition) is 1. The summed E-state index contributed by atoms with van der Waals surface area (Å²) >= 11 is 6.51. The number of rotatable bonds is 4. The Balaban J connectivity index is 1.17. The normalized spacial score (nSPS) is 34.4. The van der Waals surface area contributed by atoms with Gasteiger partial charge in [0.2, 0.25) is 10.0 Å². The molecule has 1 N–H and O–H groups in total. The molecule has 11 heteroatoms. The van der Waals surface area contributed by atoms with Crippen LogP contribution in [0.5, 0.6) is 5.75 Å². The lowest BCUT2D eigenvalue weighted by molar-refractivity contribution is -0.0972. The molecule has 0 unspecified atom stereocenters. The predicted octanol–water partition coefficient (Wildman–Crippen LogP) is 6.44. The molecule has 53 heavy (non-hydrogen) atoms. The lowest BCUT2D eigenvalue weighted by Crippen LogP contribution is -2.60. The number of ether oxygens (including phenoxy) is 2. The highest BCUT2D eigenvalue weighted by molar-refractivity contribution is 7.90. The number of hydrogen-bond acceptors (Lipinski definition) is 8. The lowest BCUT2D eigenvalue weighted by Gasteiger charge is -2.52. The number of nitrogens with zero attached hydrogens (tertiary/aromatic N) is 3. The summed E-state index contributed by atoms with van der Waals surface area (Å²) < 4.78 is 43.1. The van der Waals surface area contributed by atoms with Gasteiger partial charge >= 0.3 is 0 Å². The number of methoxy groups -OCH3 is 1. The number of benzene rings is 2. The third-order valence-electron chi connectivity index (χ3n) is 14.1. The number of anilines is 1. The lowest BCUT2D eigenvalue weighted by atomic mass is 9.63. The van der Waals surface area contributed by atoms with E-state index in [4.69, 9.17) is 21.1 Å². The van der Waals surface area contributed by atoms with Gasteiger partial charge in [-0.3, -0.25) is 14.6 Å². The minimum atomic E-state index is -3.95. The van der Waals surface area contributed by atoms with Crippen LogP contribution in [0.1, 0.15) is 86.7 Å². The van der Waals surface area contributed by atoms with Crippen molar-refractivity contribution in [1.29, 1.82) is 0 Å². The van der Waals surface area contributed by atoms with Gasteiger partial charge in [0.15, 0.2) is 0 Å². The van der Waals surface area contributed by atoms with Crippen LogP contribution < -0.4 is 14.4 Å². The zero-order valence-electron chi connectivity index (χ0n) is 31.7. The van der Waals surface area contributed by atoms with E-state index in [1.807, 2.05) is 32.2 Å². The van der Waals surface area contributed by atoms with E-state index in [2.05, 4.69) is 43.7 Å². The Hall–Kier alpha value is -2.63. The van der Waals surface area contributed by atoms with Gasteiger partial charge in [-0.1, -0.05) is 43.2 Å². The summed E-state index contributed by atoms with van der Waals surface area (Å²) in [4.78, 5) is 21.4. The molecule has 6 aliphatic rings. The molecule has 2 aromatic rings. The van der Waals surface area contributed by atoms with E-state index in [0.29, 0.717) is 24.5 Å². The highest BCUT2D eigenvalue weighted by Crippen LogP contribution is 2.49. The molecular weight excluding hydrogens is 708 g/mol. The first kappa shape index (κ1) is 37.3. The molecule has 1 amide bonds. The van der Waals surface area contributed by atoms with Gasteiger partial charge in [0, 0.05) is 75.0 Å². The fourth-order valence-electron chi connectivity index (χ4n) is 10.2. The second-order valence-electron chi connectivity index (χ2n) is 17.1. The molecule has 2 bridgehead atoms. The van der Waals surface area contributed by atoms with Crippen molar-refractivity contribution < 1.29 is 22.7 Å². The molecule has 3 aliphatic carbocycles. The van der Waals surface area contributed by atoms with Gasteiger partial charge in [-0.05, 0) is 118 Å². The van der Waals surface area contributed by atoms with Crippen LogP contribution >= 0.6 is 11.6 Å². The number of nitrogens with one attached hydrogen (secondary N) is 1. The first-order chi connectivity index (χ1) is 25.5. The Morgan fingerprint density at radius 3 is 2.55 bits per heavy atom. The second-order valence-corrected chi connectivity index (χ2v) is 19.6. The molecular formula is C42H57ClN4O5S. The summed E-state index contributed by atoms with van der Waals surface area (Å²) in [5, 5.41) is -0.0129. The third-order valence-corrected chi connectivity index (χ3v) is 16.2. The van der Waals surface area contributed by atoms with Crippen LogP contribution in [0.3, 0.4) is 0 Å². The van der Waals surface area contributed by atoms with Crippen molar-refractivity contribution >= 4 is 33.2 Å². The van der Waals surface area contributed by atoms with E-state index in [9.17, 15) is 13.2 Å². The van der Waals surface area contributed by atoms with Crippen molar-refractivity contribution in [2.75, 3.05) is 64.4 Å². The van der Waals surface area contributed by atoms with Crippen LogP contribution in [-0.2, 0) is 26.6 Å². The molecule has 9 nitrogen and oxygen atoms in total. The number of halogens is 1. The number of allylic oxidation sites excluding steroid dienone is 1. The van der Waals surface area contributed by atoms with Crippen molar-refractivity contribution in [1.82, 2.24) is 14.5 Å². The number of carbonyl (C=O) groups is 1. The smallest absolute Gasteiger partial charge is 0.264 e. The van der Waals surface area contributed by atoms with Gasteiger partial charge in [-0.15, -0.1) is 0 Å². The molecule has 6 atom stereocenters. The fraction of sp³-hybridized carbons (Fsp3) is 0.643. The topological polar surface area (TPSA) is 91.4 Å². The van der Waals surface area contributed by atoms with Crippen LogP contribution in [0.2, 0.25) is 5.02 Å². The summed E-state index contributed by atoms with van der Waals surface area (Å²) in [5.74, 6) is 0.550. The van der Waals surface area contributed by atoms with Crippen LogP contribution in [0.4, 0.5) is 5.69 Å². The van der Waals surface area contributed by atoms with E-state index in [-0.39, 0.29) is 17.3 Å². The minimum absolute atomic E-state index is 0.206. The fourth-order valence-corrected chi connectivity index (χ4v) is 11.7. The van der Waals surface area contributed by atoms with Gasteiger partial charge in [-0.25, -0.2) is 13.1 Å². The molecule has 1 saturated heterocycles. The maximum atomic E-state index is 13.7. The Morgan fingerprint density at radius 1 is 1.02 bits per heavy atom. The van der Waals surface area contributed by atoms with Gasteiger partial charge in [0.25, 0.3) is 5.91 Å². The maximum Gasteiger partial charge on any atom is 0.264 e. The molecule has 3 aliphatic heterocycles. The van der Waals surface area contributed by atoms with Crippen LogP contribution in [0.25, 0.3) is 0 Å². The summed E-state index contributed by atoms with van der Waals surface area (Å²) in [6.07, 6.45) is 14.2. The number of aryl methyl sites for hydroxylation is 1. The monoisotopic (exact) mass is 764 g/mol. The average Bonchev–Trinajstić information content (AvgIpc) is 3.25. The molecule has 2 saturated carbocycles. The SMILES string of the molecule is CO[C@]1(CN2CCN(C3CCC3)CC2)/C=C\C[C@H](C)[C@@H](C)S(=O)(=O)NC(=O)c2ccc3c(c2)N(C[C@@H]2CC[C@H]21)C[C@@]1(CCCc2cc(Cl)ccc21)CO3. The molecule has 3 heterocycles. The van der Waals surface area contributed by atoms with Crippen molar-refractivity contribution in [3.05, 3.63) is 70.3 Å². The zero-order chi connectivity index (χ0) is 37.0. The first-order valence-electron chi connectivity index (χ1n) is 20.1. The third kappa shape index (κ3) is 7.16. The molecule has 0 radical (unpaired) electrons. The van der Waals surface area contributed by atoms with E-state index in [0.717, 1.165) is 100 Å². The summed E-state index contributed by atoms with van der Waals surface area (Å²) in [6.45, 7) is 10.8. The van der Waals surface area contributed by atoms with Crippen molar-refractivity contribution in [2.24, 2.45) is 17.8 Å². The number of fused-ring (bicyclic) bond motifs is 4. The second kappa shape index (κ2) is 14.8. The maximum absolute atomic E-state index is 13.7. The van der Waals surface area contributed by atoms with Crippen LogP contribution in [0.15, 0.2) is 48.6 Å². The number of carbonyl (C=O) groups excluding carboxylic acids is 1. The van der Waals surface area contributed by atoms with Gasteiger partial charge in [0.05, 0.1) is 17.5 Å². The molecule has 2 aromatic carbocycles. The van der Waals surface area contributed by atoms with Crippen molar-refractivity contribution in [2.45, 2.75) is 93.9 Å². The van der Waals surface area contributed by atoms with E-state index in [1.54, 1.807) is 13.0 Å². The van der Waals surface area contributed by atoms with E-state index >= 15 is 0 Å². The molecule has 288 valence electrons. The number of piperazine rings is 1. The molecule has 3 fully saturated rings. The molecule has 0 aromatic heterocycles.